The smallest absolute Gasteiger partial charge is 0.225 e. The van der Waals surface area contributed by atoms with Gasteiger partial charge in [-0.1, -0.05) is 44.2 Å². The number of anilines is 2. The maximum atomic E-state index is 11.8. The molecule has 0 atom stereocenters. The summed E-state index contributed by atoms with van der Waals surface area (Å²) in [6.07, 6.45) is 2.38. The van der Waals surface area contributed by atoms with Crippen LogP contribution in [0.2, 0.25) is 0 Å². The number of aromatic nitrogens is 1. The monoisotopic (exact) mass is 352 g/mol. The normalized spacial score (nSPS) is 15.3. The number of nitrogens with zero attached hydrogens (tertiary/aromatic N) is 3. The van der Waals surface area contributed by atoms with Crippen LogP contribution < -0.4 is 10.2 Å². The summed E-state index contributed by atoms with van der Waals surface area (Å²) in [4.78, 5) is 21.1. The van der Waals surface area contributed by atoms with E-state index in [4.69, 9.17) is 0 Å². The second-order valence-corrected chi connectivity index (χ2v) is 7.30. The van der Waals surface area contributed by atoms with Crippen molar-refractivity contribution < 1.29 is 4.79 Å². The van der Waals surface area contributed by atoms with E-state index < -0.39 is 0 Å². The van der Waals surface area contributed by atoms with Crippen LogP contribution in [0.25, 0.3) is 0 Å². The van der Waals surface area contributed by atoms with Crippen LogP contribution in [0.15, 0.2) is 48.7 Å². The van der Waals surface area contributed by atoms with Crippen molar-refractivity contribution in [2.45, 2.75) is 26.8 Å². The quantitative estimate of drug-likeness (QED) is 0.866. The van der Waals surface area contributed by atoms with Gasteiger partial charge in [0.05, 0.1) is 11.9 Å². The number of rotatable bonds is 6. The van der Waals surface area contributed by atoms with Crippen LogP contribution in [-0.4, -0.2) is 42.0 Å². The summed E-state index contributed by atoms with van der Waals surface area (Å²) >= 11 is 0. The van der Waals surface area contributed by atoms with Gasteiger partial charge in [-0.2, -0.15) is 0 Å². The van der Waals surface area contributed by atoms with Gasteiger partial charge in [0.15, 0.2) is 0 Å². The molecule has 0 bridgehead atoms. The molecule has 1 N–H and O–H groups in total. The summed E-state index contributed by atoms with van der Waals surface area (Å²) in [5.41, 5.74) is 2.48. The molecule has 1 amide bonds. The van der Waals surface area contributed by atoms with Crippen LogP contribution in [-0.2, 0) is 11.3 Å². The van der Waals surface area contributed by atoms with E-state index in [0.29, 0.717) is 18.2 Å². The number of carbonyl (C=O) groups is 1. The van der Waals surface area contributed by atoms with Gasteiger partial charge in [-0.15, -0.1) is 0 Å². The minimum atomic E-state index is 0.0229. The Kier molecular flexibility index (Phi) is 6.23. The van der Waals surface area contributed by atoms with Crippen LogP contribution in [0.3, 0.4) is 0 Å². The van der Waals surface area contributed by atoms with Gasteiger partial charge in [-0.05, 0) is 23.6 Å². The number of pyridine rings is 1. The highest BCUT2D eigenvalue weighted by molar-refractivity contribution is 5.89. The highest BCUT2D eigenvalue weighted by Gasteiger charge is 2.17. The maximum absolute atomic E-state index is 11.8. The third-order valence-corrected chi connectivity index (χ3v) is 4.60. The van der Waals surface area contributed by atoms with E-state index in [1.807, 2.05) is 32.2 Å². The first-order chi connectivity index (χ1) is 12.6. The van der Waals surface area contributed by atoms with Crippen molar-refractivity contribution in [1.29, 1.82) is 0 Å². The first-order valence-electron chi connectivity index (χ1n) is 9.37. The van der Waals surface area contributed by atoms with Crippen LogP contribution in [0.1, 0.15) is 25.8 Å². The average molecular weight is 352 g/mol. The zero-order valence-corrected chi connectivity index (χ0v) is 15.7. The summed E-state index contributed by atoms with van der Waals surface area (Å²) in [7, 11) is 0. The molecule has 0 unspecified atom stereocenters. The lowest BCUT2D eigenvalue weighted by atomic mass is 10.1. The molecular weight excluding hydrogens is 324 g/mol. The fourth-order valence-corrected chi connectivity index (χ4v) is 3.22. The number of hydrogen-bond donors (Lipinski definition) is 1. The minimum absolute atomic E-state index is 0.0229. The van der Waals surface area contributed by atoms with Crippen molar-refractivity contribution >= 4 is 17.4 Å². The molecule has 0 aliphatic carbocycles. The third kappa shape index (κ3) is 5.30. The summed E-state index contributed by atoms with van der Waals surface area (Å²) in [6, 6.07) is 14.6. The largest absolute Gasteiger partial charge is 0.368 e. The molecule has 3 rings (SSSR count). The van der Waals surface area contributed by atoms with E-state index in [-0.39, 0.29) is 5.91 Å². The number of hydrogen-bond acceptors (Lipinski definition) is 4. The topological polar surface area (TPSA) is 48.5 Å². The number of amides is 1. The number of nitrogens with one attached hydrogen (secondary N) is 1. The summed E-state index contributed by atoms with van der Waals surface area (Å²) < 4.78 is 0. The first-order valence-corrected chi connectivity index (χ1v) is 9.37. The molecule has 138 valence electrons. The van der Waals surface area contributed by atoms with Crippen molar-refractivity contribution in [1.82, 2.24) is 9.88 Å². The Morgan fingerprint density at radius 1 is 1.08 bits per heavy atom. The average Bonchev–Trinajstić information content (AvgIpc) is 2.63. The molecule has 1 aliphatic heterocycles. The van der Waals surface area contributed by atoms with E-state index >= 15 is 0 Å². The van der Waals surface area contributed by atoms with Crippen LogP contribution in [0.5, 0.6) is 0 Å². The predicted molar refractivity (Wildman–Crippen MR) is 106 cm³/mol. The van der Waals surface area contributed by atoms with E-state index in [2.05, 4.69) is 50.4 Å². The highest BCUT2D eigenvalue weighted by Crippen LogP contribution is 2.18. The van der Waals surface area contributed by atoms with Gasteiger partial charge in [-0.3, -0.25) is 9.69 Å². The highest BCUT2D eigenvalue weighted by atomic mass is 16.1. The first kappa shape index (κ1) is 18.4. The number of benzene rings is 1. The number of carbonyl (C=O) groups excluding carboxylic acids is 1. The van der Waals surface area contributed by atoms with E-state index in [9.17, 15) is 4.79 Å². The van der Waals surface area contributed by atoms with Gasteiger partial charge >= 0.3 is 0 Å². The van der Waals surface area contributed by atoms with Gasteiger partial charge < -0.3 is 10.2 Å². The van der Waals surface area contributed by atoms with Gasteiger partial charge in [0.2, 0.25) is 5.91 Å². The minimum Gasteiger partial charge on any atom is -0.368 e. The van der Waals surface area contributed by atoms with Gasteiger partial charge in [0.25, 0.3) is 0 Å². The zero-order chi connectivity index (χ0) is 18.4. The van der Waals surface area contributed by atoms with Gasteiger partial charge in [-0.25, -0.2) is 4.98 Å². The van der Waals surface area contributed by atoms with Crippen LogP contribution in [0.4, 0.5) is 11.5 Å². The molecule has 2 heterocycles. The molecule has 0 radical (unpaired) electrons. The van der Waals surface area contributed by atoms with Gasteiger partial charge in [0.1, 0.15) is 5.82 Å². The molecular formula is C21H28N4O. The molecule has 1 fully saturated rings. The second-order valence-electron chi connectivity index (χ2n) is 7.30. The molecule has 5 heteroatoms. The van der Waals surface area contributed by atoms with Crippen molar-refractivity contribution in [2.24, 2.45) is 5.92 Å². The fourth-order valence-electron chi connectivity index (χ4n) is 3.22. The standard InChI is InChI=1S/C21H28N4O/c1-17(2)14-21(26)23-20-9-8-19(15-22-20)25-12-10-24(11-13-25)16-18-6-4-3-5-7-18/h3-9,15,17H,10-14,16H2,1-2H3,(H,22,23,26). The molecule has 26 heavy (non-hydrogen) atoms. The Hall–Kier alpha value is -2.40. The lowest BCUT2D eigenvalue weighted by Gasteiger charge is -2.36. The second kappa shape index (κ2) is 8.81. The summed E-state index contributed by atoms with van der Waals surface area (Å²) in [6.45, 7) is 9.15. The zero-order valence-electron chi connectivity index (χ0n) is 15.7. The fraction of sp³-hybridized carbons (Fsp3) is 0.429. The van der Waals surface area contributed by atoms with Crippen molar-refractivity contribution in [3.05, 3.63) is 54.2 Å². The Labute approximate surface area is 156 Å². The molecule has 1 saturated heterocycles. The number of piperazine rings is 1. The van der Waals surface area contributed by atoms with Gasteiger partial charge in [0, 0.05) is 39.1 Å². The Bertz CT molecular complexity index is 692. The molecule has 1 aromatic heterocycles. The van der Waals surface area contributed by atoms with Crippen molar-refractivity contribution in [3.8, 4) is 0 Å². The van der Waals surface area contributed by atoms with E-state index in [1.165, 1.54) is 5.56 Å². The van der Waals surface area contributed by atoms with Crippen LogP contribution >= 0.6 is 0 Å². The Balaban J connectivity index is 1.49. The lowest BCUT2D eigenvalue weighted by molar-refractivity contribution is -0.116. The SMILES string of the molecule is CC(C)CC(=O)Nc1ccc(N2CCN(Cc3ccccc3)CC2)cn1. The molecule has 2 aromatic rings. The lowest BCUT2D eigenvalue weighted by Crippen LogP contribution is -2.46. The summed E-state index contributed by atoms with van der Waals surface area (Å²) in [5, 5.41) is 2.86. The Morgan fingerprint density at radius 3 is 2.42 bits per heavy atom. The Morgan fingerprint density at radius 2 is 1.81 bits per heavy atom. The molecule has 1 aromatic carbocycles. The van der Waals surface area contributed by atoms with E-state index in [0.717, 1.165) is 38.4 Å². The van der Waals surface area contributed by atoms with E-state index in [1.54, 1.807) is 0 Å². The molecule has 0 spiro atoms. The third-order valence-electron chi connectivity index (χ3n) is 4.60. The maximum Gasteiger partial charge on any atom is 0.225 e. The van der Waals surface area contributed by atoms with Crippen LogP contribution in [0, 0.1) is 5.92 Å². The van der Waals surface area contributed by atoms with Crippen molar-refractivity contribution in [3.63, 3.8) is 0 Å². The summed E-state index contributed by atoms with van der Waals surface area (Å²) in [5.74, 6) is 0.998. The molecule has 5 nitrogen and oxygen atoms in total. The van der Waals surface area contributed by atoms with Crippen molar-refractivity contribution in [2.75, 3.05) is 36.4 Å². The predicted octanol–water partition coefficient (Wildman–Crippen LogP) is 3.39. The molecule has 1 aliphatic rings. The molecule has 0 saturated carbocycles.